The zero-order chi connectivity index (χ0) is 26.4. The maximum Gasteiger partial charge on any atom is 0.326 e. The molecule has 4 rings (SSSR count). The van der Waals surface area contributed by atoms with Gasteiger partial charge in [-0.1, -0.05) is 60.7 Å². The summed E-state index contributed by atoms with van der Waals surface area (Å²) in [5, 5.41) is 20.0. The molecule has 1 atom stereocenters. The first-order valence-electron chi connectivity index (χ1n) is 12.6. The van der Waals surface area contributed by atoms with Crippen LogP contribution in [0.25, 0.3) is 23.3 Å². The standard InChI is InChI=1S/C31H35NO5/c1-22-24(12-9-13-26(22)25-10-5-4-6-11-25)15-14-23-18-28(36-2)27(29(19-23)37-3)20-32-17-8-7-16-31(32,21-33)30(34)35/h4-6,9-15,18-19,33H,7-8,16-17,20-21H2,1-3H3,(H,34,35)/b15-14+. The third-order valence-electron chi connectivity index (χ3n) is 7.43. The van der Waals surface area contributed by atoms with Crippen LogP contribution in [0.1, 0.15) is 41.5 Å². The minimum absolute atomic E-state index is 0.307. The van der Waals surface area contributed by atoms with E-state index in [-0.39, 0.29) is 0 Å². The van der Waals surface area contributed by atoms with Crippen LogP contribution in [0.3, 0.4) is 0 Å². The van der Waals surface area contributed by atoms with Crippen molar-refractivity contribution in [3.05, 3.63) is 82.9 Å². The topological polar surface area (TPSA) is 79.2 Å². The number of aliphatic carboxylic acids is 1. The minimum Gasteiger partial charge on any atom is -0.496 e. The quantitative estimate of drug-likeness (QED) is 0.369. The summed E-state index contributed by atoms with van der Waals surface area (Å²) in [6.45, 7) is 2.58. The lowest BCUT2D eigenvalue weighted by atomic mass is 9.86. The smallest absolute Gasteiger partial charge is 0.326 e. The molecule has 0 radical (unpaired) electrons. The number of carbonyl (C=O) groups is 1. The Morgan fingerprint density at radius 1 is 1.00 bits per heavy atom. The number of hydrogen-bond donors (Lipinski definition) is 2. The lowest BCUT2D eigenvalue weighted by Crippen LogP contribution is -2.59. The maximum absolute atomic E-state index is 12.2. The largest absolute Gasteiger partial charge is 0.496 e. The minimum atomic E-state index is -1.30. The molecule has 0 spiro atoms. The van der Waals surface area contributed by atoms with Gasteiger partial charge in [-0.3, -0.25) is 9.69 Å². The number of nitrogens with zero attached hydrogens (tertiary/aromatic N) is 1. The Labute approximate surface area is 218 Å². The van der Waals surface area contributed by atoms with Gasteiger partial charge in [-0.25, -0.2) is 0 Å². The number of hydrogen-bond acceptors (Lipinski definition) is 5. The van der Waals surface area contributed by atoms with Crippen LogP contribution in [0.2, 0.25) is 0 Å². The molecular weight excluding hydrogens is 466 g/mol. The summed E-state index contributed by atoms with van der Waals surface area (Å²) in [5.41, 5.74) is 5.07. The van der Waals surface area contributed by atoms with Crippen molar-refractivity contribution in [2.24, 2.45) is 0 Å². The molecule has 6 nitrogen and oxygen atoms in total. The van der Waals surface area contributed by atoms with E-state index in [1.54, 1.807) is 14.2 Å². The molecule has 1 aliphatic heterocycles. The molecule has 1 heterocycles. The van der Waals surface area contributed by atoms with E-state index in [4.69, 9.17) is 9.47 Å². The number of piperidine rings is 1. The highest BCUT2D eigenvalue weighted by molar-refractivity contribution is 5.80. The average Bonchev–Trinajstić information content (AvgIpc) is 2.93. The van der Waals surface area contributed by atoms with Gasteiger partial charge in [0.25, 0.3) is 0 Å². The van der Waals surface area contributed by atoms with Crippen LogP contribution in [0.15, 0.2) is 60.7 Å². The fourth-order valence-corrected chi connectivity index (χ4v) is 5.21. The molecule has 0 saturated carbocycles. The number of aliphatic hydroxyl groups is 1. The van der Waals surface area contributed by atoms with Gasteiger partial charge in [0, 0.05) is 6.54 Å². The van der Waals surface area contributed by atoms with E-state index < -0.39 is 18.1 Å². The predicted molar refractivity (Wildman–Crippen MR) is 147 cm³/mol. The third-order valence-corrected chi connectivity index (χ3v) is 7.43. The van der Waals surface area contributed by atoms with Crippen LogP contribution in [0.5, 0.6) is 11.5 Å². The molecular formula is C31H35NO5. The molecule has 1 saturated heterocycles. The van der Waals surface area contributed by atoms with Gasteiger partial charge in [0.15, 0.2) is 0 Å². The van der Waals surface area contributed by atoms with E-state index in [0.29, 0.717) is 31.0 Å². The van der Waals surface area contributed by atoms with E-state index in [1.165, 1.54) is 16.7 Å². The van der Waals surface area contributed by atoms with Crippen LogP contribution < -0.4 is 9.47 Å². The van der Waals surface area contributed by atoms with Gasteiger partial charge in [-0.05, 0) is 72.7 Å². The molecule has 3 aromatic rings. The van der Waals surface area contributed by atoms with Crippen molar-refractivity contribution in [2.75, 3.05) is 27.4 Å². The van der Waals surface area contributed by atoms with Gasteiger partial charge < -0.3 is 19.7 Å². The highest BCUT2D eigenvalue weighted by Crippen LogP contribution is 2.37. The number of rotatable bonds is 9. The molecule has 6 heteroatoms. The molecule has 1 fully saturated rings. The Balaban J connectivity index is 1.66. The van der Waals surface area contributed by atoms with Crippen molar-refractivity contribution >= 4 is 18.1 Å². The summed E-state index contributed by atoms with van der Waals surface area (Å²) in [6.07, 6.45) is 6.17. The van der Waals surface area contributed by atoms with Crippen molar-refractivity contribution < 1.29 is 24.5 Å². The van der Waals surface area contributed by atoms with Crippen molar-refractivity contribution in [1.82, 2.24) is 4.90 Å². The van der Waals surface area contributed by atoms with Gasteiger partial charge in [-0.2, -0.15) is 0 Å². The highest BCUT2D eigenvalue weighted by Gasteiger charge is 2.45. The number of carboxylic acid groups (broad SMARTS) is 1. The van der Waals surface area contributed by atoms with Crippen LogP contribution >= 0.6 is 0 Å². The first kappa shape index (κ1) is 26.5. The molecule has 3 aromatic carbocycles. The van der Waals surface area contributed by atoms with Crippen LogP contribution in [0.4, 0.5) is 0 Å². The van der Waals surface area contributed by atoms with Gasteiger partial charge in [0.2, 0.25) is 0 Å². The predicted octanol–water partition coefficient (Wildman–Crippen LogP) is 5.65. The van der Waals surface area contributed by atoms with E-state index >= 15 is 0 Å². The van der Waals surface area contributed by atoms with E-state index in [9.17, 15) is 15.0 Å². The van der Waals surface area contributed by atoms with E-state index in [2.05, 4.69) is 43.3 Å². The molecule has 1 unspecified atom stereocenters. The molecule has 0 amide bonds. The monoisotopic (exact) mass is 501 g/mol. The number of ether oxygens (including phenoxy) is 2. The van der Waals surface area contributed by atoms with Gasteiger partial charge >= 0.3 is 5.97 Å². The first-order chi connectivity index (χ1) is 17.9. The molecule has 194 valence electrons. The summed E-state index contributed by atoms with van der Waals surface area (Å²) >= 11 is 0. The molecule has 37 heavy (non-hydrogen) atoms. The van der Waals surface area contributed by atoms with E-state index in [1.807, 2.05) is 41.3 Å². The van der Waals surface area contributed by atoms with Crippen LogP contribution in [-0.4, -0.2) is 54.0 Å². The van der Waals surface area contributed by atoms with Crippen molar-refractivity contribution in [2.45, 2.75) is 38.3 Å². The van der Waals surface area contributed by atoms with Crippen LogP contribution in [0, 0.1) is 6.92 Å². The van der Waals surface area contributed by atoms with Crippen molar-refractivity contribution in [3.63, 3.8) is 0 Å². The molecule has 0 aliphatic carbocycles. The van der Waals surface area contributed by atoms with Gasteiger partial charge in [0.1, 0.15) is 17.0 Å². The Bertz CT molecular complexity index is 1240. The van der Waals surface area contributed by atoms with Gasteiger partial charge in [-0.15, -0.1) is 0 Å². The SMILES string of the molecule is COc1cc(/C=C/c2cccc(-c3ccccc3)c2C)cc(OC)c1CN1CCCCC1(CO)C(=O)O. The Morgan fingerprint density at radius 3 is 2.32 bits per heavy atom. The molecule has 2 N–H and O–H groups in total. The maximum atomic E-state index is 12.2. The second-order valence-electron chi connectivity index (χ2n) is 9.50. The Hall–Kier alpha value is -3.61. The Morgan fingerprint density at radius 2 is 1.70 bits per heavy atom. The lowest BCUT2D eigenvalue weighted by Gasteiger charge is -2.43. The zero-order valence-corrected chi connectivity index (χ0v) is 21.7. The summed E-state index contributed by atoms with van der Waals surface area (Å²) in [5.74, 6) is 0.244. The highest BCUT2D eigenvalue weighted by atomic mass is 16.5. The second-order valence-corrected chi connectivity index (χ2v) is 9.50. The second kappa shape index (κ2) is 11.6. The van der Waals surface area contributed by atoms with Crippen molar-refractivity contribution in [1.29, 1.82) is 0 Å². The summed E-state index contributed by atoms with van der Waals surface area (Å²) in [4.78, 5) is 14.0. The number of aliphatic hydroxyl groups excluding tert-OH is 1. The average molecular weight is 502 g/mol. The number of methoxy groups -OCH3 is 2. The summed E-state index contributed by atoms with van der Waals surface area (Å²) in [7, 11) is 3.21. The van der Waals surface area contributed by atoms with Crippen molar-refractivity contribution in [3.8, 4) is 22.6 Å². The summed E-state index contributed by atoms with van der Waals surface area (Å²) < 4.78 is 11.5. The fraction of sp³-hybridized carbons (Fsp3) is 0.323. The number of likely N-dealkylation sites (tertiary alicyclic amines) is 1. The molecule has 1 aliphatic rings. The Kier molecular flexibility index (Phi) is 8.31. The normalized spacial score (nSPS) is 18.2. The molecule has 0 aromatic heterocycles. The summed E-state index contributed by atoms with van der Waals surface area (Å²) in [6, 6.07) is 20.5. The third kappa shape index (κ3) is 5.41. The first-order valence-corrected chi connectivity index (χ1v) is 12.6. The lowest BCUT2D eigenvalue weighted by molar-refractivity contribution is -0.158. The number of carboxylic acids is 1. The van der Waals surface area contributed by atoms with E-state index in [0.717, 1.165) is 29.5 Å². The van der Waals surface area contributed by atoms with Crippen LogP contribution in [-0.2, 0) is 11.3 Å². The zero-order valence-electron chi connectivity index (χ0n) is 21.7. The molecule has 0 bridgehead atoms. The number of benzene rings is 3. The fourth-order valence-electron chi connectivity index (χ4n) is 5.21. The van der Waals surface area contributed by atoms with Gasteiger partial charge in [0.05, 0.1) is 26.4 Å².